The first-order valence-corrected chi connectivity index (χ1v) is 11.2. The van der Waals surface area contributed by atoms with Crippen molar-refractivity contribution >= 4 is 23.3 Å². The molecular formula is C26H22N4O3S. The highest BCUT2D eigenvalue weighted by Crippen LogP contribution is 2.41. The monoisotopic (exact) mass is 470 g/mol. The van der Waals surface area contributed by atoms with Crippen molar-refractivity contribution in [3.63, 3.8) is 0 Å². The molecule has 4 aromatic rings. The molecule has 0 spiro atoms. The first-order chi connectivity index (χ1) is 16.7. The van der Waals surface area contributed by atoms with Crippen LogP contribution in [0.5, 0.6) is 0 Å². The van der Waals surface area contributed by atoms with Gasteiger partial charge in [0.2, 0.25) is 0 Å². The molecule has 0 bridgehead atoms. The minimum absolute atomic E-state index is 0.203. The molecule has 1 aromatic carbocycles. The molecule has 34 heavy (non-hydrogen) atoms. The van der Waals surface area contributed by atoms with E-state index in [9.17, 15) is 4.79 Å². The van der Waals surface area contributed by atoms with Gasteiger partial charge in [-0.05, 0) is 60.2 Å². The molecule has 7 nitrogen and oxygen atoms in total. The Labute approximate surface area is 202 Å². The highest BCUT2D eigenvalue weighted by molar-refractivity contribution is 7.80. The Balaban J connectivity index is 1.55. The standard InChI is InChI=1S/C26H22N4O3S/c1-32-25(31)19-7-3-2-6-18(19)21-9-10-22(33-21)24-23(20-8-4-5-13-28-20)29-26(34)30(24)16-17-11-14-27-15-12-17/h2-15,23-24H,16H2,1H3,(H,29,34). The van der Waals surface area contributed by atoms with Crippen LogP contribution in [0.15, 0.2) is 89.7 Å². The van der Waals surface area contributed by atoms with E-state index in [0.29, 0.717) is 34.3 Å². The molecule has 5 rings (SSSR count). The van der Waals surface area contributed by atoms with Crippen molar-refractivity contribution in [3.8, 4) is 11.3 Å². The van der Waals surface area contributed by atoms with Crippen LogP contribution in [0.4, 0.5) is 0 Å². The van der Waals surface area contributed by atoms with Crippen molar-refractivity contribution in [1.29, 1.82) is 0 Å². The van der Waals surface area contributed by atoms with Gasteiger partial charge in [-0.2, -0.15) is 0 Å². The molecule has 2 unspecified atom stereocenters. The number of nitrogens with zero attached hydrogens (tertiary/aromatic N) is 3. The Morgan fingerprint density at radius 3 is 2.62 bits per heavy atom. The number of thiocarbonyl (C=S) groups is 1. The predicted molar refractivity (Wildman–Crippen MR) is 131 cm³/mol. The molecule has 1 fully saturated rings. The van der Waals surface area contributed by atoms with E-state index in [1.165, 1.54) is 7.11 Å². The summed E-state index contributed by atoms with van der Waals surface area (Å²) in [6, 6.07) is 20.3. The average Bonchev–Trinajstić information content (AvgIpc) is 3.49. The number of methoxy groups -OCH3 is 1. The van der Waals surface area contributed by atoms with Crippen LogP contribution in [0.1, 0.15) is 39.5 Å². The molecule has 0 aliphatic carbocycles. The van der Waals surface area contributed by atoms with Crippen LogP contribution < -0.4 is 5.32 Å². The molecule has 0 amide bonds. The molecule has 0 radical (unpaired) electrons. The fraction of sp³-hybridized carbons (Fsp3) is 0.154. The van der Waals surface area contributed by atoms with Crippen LogP contribution in [-0.4, -0.2) is 33.1 Å². The van der Waals surface area contributed by atoms with E-state index in [-0.39, 0.29) is 12.1 Å². The fourth-order valence-electron chi connectivity index (χ4n) is 4.21. The maximum atomic E-state index is 12.3. The number of nitrogens with one attached hydrogen (secondary N) is 1. The number of aromatic nitrogens is 2. The highest BCUT2D eigenvalue weighted by Gasteiger charge is 2.41. The van der Waals surface area contributed by atoms with Crippen LogP contribution in [0.2, 0.25) is 0 Å². The second kappa shape index (κ2) is 9.44. The first kappa shape index (κ1) is 21.8. The minimum atomic E-state index is -0.414. The summed E-state index contributed by atoms with van der Waals surface area (Å²) in [5.74, 6) is 0.882. The van der Waals surface area contributed by atoms with Crippen molar-refractivity contribution in [2.24, 2.45) is 0 Å². The Morgan fingerprint density at radius 2 is 1.85 bits per heavy atom. The van der Waals surface area contributed by atoms with Gasteiger partial charge in [-0.1, -0.05) is 24.3 Å². The van der Waals surface area contributed by atoms with Gasteiger partial charge in [0.05, 0.1) is 24.4 Å². The molecule has 1 aliphatic rings. The second-order valence-corrected chi connectivity index (χ2v) is 8.24. The molecule has 4 heterocycles. The number of pyridine rings is 2. The van der Waals surface area contributed by atoms with Crippen LogP contribution in [0.3, 0.4) is 0 Å². The summed E-state index contributed by atoms with van der Waals surface area (Å²) < 4.78 is 11.3. The molecule has 8 heteroatoms. The van der Waals surface area contributed by atoms with Crippen molar-refractivity contribution in [1.82, 2.24) is 20.2 Å². The topological polar surface area (TPSA) is 80.5 Å². The van der Waals surface area contributed by atoms with Crippen LogP contribution >= 0.6 is 12.2 Å². The van der Waals surface area contributed by atoms with Gasteiger partial charge in [0.1, 0.15) is 17.6 Å². The Kier molecular flexibility index (Phi) is 6.05. The van der Waals surface area contributed by atoms with E-state index in [1.54, 1.807) is 30.7 Å². The Bertz CT molecular complexity index is 1310. The van der Waals surface area contributed by atoms with Gasteiger partial charge >= 0.3 is 5.97 Å². The third-order valence-corrected chi connectivity index (χ3v) is 6.17. The number of rotatable bonds is 6. The summed E-state index contributed by atoms with van der Waals surface area (Å²) in [4.78, 5) is 23.1. The molecule has 1 aliphatic heterocycles. The van der Waals surface area contributed by atoms with Crippen LogP contribution in [0.25, 0.3) is 11.3 Å². The number of carbonyl (C=O) groups excluding carboxylic acids is 1. The van der Waals surface area contributed by atoms with Crippen LogP contribution in [-0.2, 0) is 11.3 Å². The number of furan rings is 1. The maximum absolute atomic E-state index is 12.3. The van der Waals surface area contributed by atoms with Crippen LogP contribution in [0, 0.1) is 0 Å². The van der Waals surface area contributed by atoms with Gasteiger partial charge in [0, 0.05) is 30.7 Å². The minimum Gasteiger partial charge on any atom is -0.465 e. The zero-order chi connectivity index (χ0) is 23.5. The quantitative estimate of drug-likeness (QED) is 0.321. The fourth-order valence-corrected chi connectivity index (χ4v) is 4.52. The lowest BCUT2D eigenvalue weighted by Gasteiger charge is -2.26. The third-order valence-electron chi connectivity index (χ3n) is 5.82. The van der Waals surface area contributed by atoms with E-state index < -0.39 is 5.97 Å². The molecule has 0 saturated carbocycles. The van der Waals surface area contributed by atoms with Gasteiger partial charge in [0.25, 0.3) is 0 Å². The number of benzene rings is 1. The Hall–Kier alpha value is -4.04. The SMILES string of the molecule is COC(=O)c1ccccc1-c1ccc(C2C(c3ccccn3)NC(=S)N2Cc2ccncc2)o1. The van der Waals surface area contributed by atoms with E-state index in [2.05, 4.69) is 20.2 Å². The van der Waals surface area contributed by atoms with E-state index in [4.69, 9.17) is 21.4 Å². The summed E-state index contributed by atoms with van der Waals surface area (Å²) >= 11 is 5.73. The van der Waals surface area contributed by atoms with Crippen molar-refractivity contribution in [2.45, 2.75) is 18.6 Å². The number of carbonyl (C=O) groups is 1. The zero-order valence-electron chi connectivity index (χ0n) is 18.4. The zero-order valence-corrected chi connectivity index (χ0v) is 19.2. The normalized spacial score (nSPS) is 17.4. The lowest BCUT2D eigenvalue weighted by atomic mass is 10.0. The number of hydrogen-bond donors (Lipinski definition) is 1. The molecule has 3 aromatic heterocycles. The maximum Gasteiger partial charge on any atom is 0.338 e. The van der Waals surface area contributed by atoms with Crippen molar-refractivity contribution < 1.29 is 13.9 Å². The van der Waals surface area contributed by atoms with Gasteiger partial charge in [0.15, 0.2) is 5.11 Å². The van der Waals surface area contributed by atoms with E-state index in [1.807, 2.05) is 54.6 Å². The highest BCUT2D eigenvalue weighted by atomic mass is 32.1. The lowest BCUT2D eigenvalue weighted by Crippen LogP contribution is -2.29. The smallest absolute Gasteiger partial charge is 0.338 e. The second-order valence-electron chi connectivity index (χ2n) is 7.85. The number of hydrogen-bond acceptors (Lipinski definition) is 6. The molecule has 1 N–H and O–H groups in total. The first-order valence-electron chi connectivity index (χ1n) is 10.8. The summed E-state index contributed by atoms with van der Waals surface area (Å²) in [6.45, 7) is 0.580. The van der Waals surface area contributed by atoms with Gasteiger partial charge in [-0.15, -0.1) is 0 Å². The lowest BCUT2D eigenvalue weighted by molar-refractivity contribution is 0.0601. The van der Waals surface area contributed by atoms with E-state index >= 15 is 0 Å². The summed E-state index contributed by atoms with van der Waals surface area (Å²) in [7, 11) is 1.37. The molecule has 2 atom stereocenters. The number of ether oxygens (including phenoxy) is 1. The van der Waals surface area contributed by atoms with Crippen molar-refractivity contribution in [2.75, 3.05) is 7.11 Å². The largest absolute Gasteiger partial charge is 0.465 e. The summed E-state index contributed by atoms with van der Waals surface area (Å²) in [5, 5.41) is 4.04. The van der Waals surface area contributed by atoms with Crippen molar-refractivity contribution in [3.05, 3.63) is 108 Å². The average molecular weight is 471 g/mol. The molecule has 170 valence electrons. The van der Waals surface area contributed by atoms with E-state index in [0.717, 1.165) is 11.3 Å². The predicted octanol–water partition coefficient (Wildman–Crippen LogP) is 4.70. The van der Waals surface area contributed by atoms with Gasteiger partial charge in [-0.3, -0.25) is 9.97 Å². The van der Waals surface area contributed by atoms with Gasteiger partial charge < -0.3 is 19.4 Å². The molecular weight excluding hydrogens is 448 g/mol. The third kappa shape index (κ3) is 4.15. The molecule has 1 saturated heterocycles. The summed E-state index contributed by atoms with van der Waals surface area (Å²) in [5.41, 5.74) is 3.05. The number of esters is 1. The summed E-state index contributed by atoms with van der Waals surface area (Å²) in [6.07, 6.45) is 5.30. The Morgan fingerprint density at radius 1 is 1.06 bits per heavy atom. The van der Waals surface area contributed by atoms with Gasteiger partial charge in [-0.25, -0.2) is 4.79 Å².